The van der Waals surface area contributed by atoms with Crippen molar-refractivity contribution in [2.24, 2.45) is 0 Å². The zero-order valence-corrected chi connectivity index (χ0v) is 6.88. The van der Waals surface area contributed by atoms with Crippen molar-refractivity contribution in [1.82, 2.24) is 0 Å². The number of carbonyl (C=O) groups excluding carboxylic acids is 1. The van der Waals surface area contributed by atoms with Crippen molar-refractivity contribution in [1.29, 1.82) is 0 Å². The number of halogens is 2. The van der Waals surface area contributed by atoms with Gasteiger partial charge in [0.15, 0.2) is 0 Å². The van der Waals surface area contributed by atoms with Crippen LogP contribution in [0.2, 0.25) is 5.02 Å². The minimum atomic E-state index is -0.503. The van der Waals surface area contributed by atoms with E-state index in [1.807, 2.05) is 0 Å². The van der Waals surface area contributed by atoms with Gasteiger partial charge in [-0.3, -0.25) is 4.79 Å². The molecule has 0 heterocycles. The monoisotopic (exact) mass is 184 g/mol. The first-order chi connectivity index (χ1) is 5.75. The summed E-state index contributed by atoms with van der Waals surface area (Å²) >= 11 is 5.50. The second kappa shape index (κ2) is 4.02. The van der Waals surface area contributed by atoms with Gasteiger partial charge in [-0.2, -0.15) is 0 Å². The van der Waals surface area contributed by atoms with E-state index in [0.29, 0.717) is 11.8 Å². The molecular weight excluding hydrogens is 179 g/mol. The first kappa shape index (κ1) is 8.94. The van der Waals surface area contributed by atoms with Crippen molar-refractivity contribution < 1.29 is 9.18 Å². The first-order valence-electron chi connectivity index (χ1n) is 3.31. The van der Waals surface area contributed by atoms with Crippen LogP contribution in [-0.4, -0.2) is 6.29 Å². The average Bonchev–Trinajstić information content (AvgIpc) is 2.08. The number of carbonyl (C=O) groups is 1. The summed E-state index contributed by atoms with van der Waals surface area (Å²) in [5, 5.41) is 0.0584. The third-order valence-corrected chi connectivity index (χ3v) is 1.63. The summed E-state index contributed by atoms with van der Waals surface area (Å²) in [7, 11) is 0. The number of hydrogen-bond acceptors (Lipinski definition) is 1. The van der Waals surface area contributed by atoms with E-state index >= 15 is 0 Å². The Balaban J connectivity index is 3.07. The van der Waals surface area contributed by atoms with E-state index in [1.54, 1.807) is 12.1 Å². The van der Waals surface area contributed by atoms with Crippen molar-refractivity contribution in [2.45, 2.75) is 0 Å². The molecule has 0 N–H and O–H groups in total. The quantitative estimate of drug-likeness (QED) is 0.510. The van der Waals surface area contributed by atoms with Crippen molar-refractivity contribution in [2.75, 3.05) is 0 Å². The van der Waals surface area contributed by atoms with Crippen LogP contribution >= 0.6 is 11.6 Å². The lowest BCUT2D eigenvalue weighted by molar-refractivity contribution is -0.104. The zero-order chi connectivity index (χ0) is 8.97. The molecule has 12 heavy (non-hydrogen) atoms. The van der Waals surface area contributed by atoms with Gasteiger partial charge >= 0.3 is 0 Å². The summed E-state index contributed by atoms with van der Waals surface area (Å²) in [5.41, 5.74) is 0.314. The predicted octanol–water partition coefficient (Wildman–Crippen LogP) is 2.69. The van der Waals surface area contributed by atoms with Gasteiger partial charge in [-0.15, -0.1) is 0 Å². The summed E-state index contributed by atoms with van der Waals surface area (Å²) in [4.78, 5) is 9.93. The Bertz CT molecular complexity index is 320. The van der Waals surface area contributed by atoms with Gasteiger partial charge < -0.3 is 0 Å². The molecule has 1 nitrogen and oxygen atoms in total. The van der Waals surface area contributed by atoms with Crippen LogP contribution in [0.25, 0.3) is 6.08 Å². The molecule has 1 rings (SSSR count). The minimum Gasteiger partial charge on any atom is -0.299 e. The fourth-order valence-corrected chi connectivity index (χ4v) is 0.974. The number of benzene rings is 1. The van der Waals surface area contributed by atoms with Gasteiger partial charge in [-0.25, -0.2) is 4.39 Å². The molecule has 0 spiro atoms. The van der Waals surface area contributed by atoms with E-state index in [1.165, 1.54) is 18.2 Å². The second-order valence-corrected chi connectivity index (χ2v) is 2.55. The maximum absolute atomic E-state index is 13.0. The summed E-state index contributed by atoms with van der Waals surface area (Å²) in [6.07, 6.45) is 3.17. The number of aldehydes is 1. The van der Waals surface area contributed by atoms with E-state index in [9.17, 15) is 9.18 Å². The molecule has 3 heteroatoms. The Morgan fingerprint density at radius 2 is 2.17 bits per heavy atom. The lowest BCUT2D eigenvalue weighted by atomic mass is 10.2. The zero-order valence-electron chi connectivity index (χ0n) is 6.13. The predicted molar refractivity (Wildman–Crippen MR) is 46.5 cm³/mol. The van der Waals surface area contributed by atoms with Crippen molar-refractivity contribution in [3.63, 3.8) is 0 Å². The van der Waals surface area contributed by atoms with Gasteiger partial charge in [0.1, 0.15) is 12.1 Å². The van der Waals surface area contributed by atoms with Gasteiger partial charge in [0.2, 0.25) is 0 Å². The molecular formula is C9H6ClFO. The third kappa shape index (κ3) is 1.92. The molecule has 62 valence electrons. The van der Waals surface area contributed by atoms with Crippen LogP contribution < -0.4 is 0 Å². The van der Waals surface area contributed by atoms with Crippen LogP contribution in [0.15, 0.2) is 24.3 Å². The fourth-order valence-electron chi connectivity index (χ4n) is 0.792. The Kier molecular flexibility index (Phi) is 3.00. The lowest BCUT2D eigenvalue weighted by Gasteiger charge is -1.96. The standard InChI is InChI=1S/C9H6ClFO/c10-8-5-1-3-7(9(8)11)4-2-6-12/h1-6H. The molecule has 0 aliphatic heterocycles. The van der Waals surface area contributed by atoms with E-state index in [-0.39, 0.29) is 5.02 Å². The normalized spacial score (nSPS) is 10.5. The SMILES string of the molecule is O=CC=Cc1cccc(Cl)c1F. The number of hydrogen-bond donors (Lipinski definition) is 0. The highest BCUT2D eigenvalue weighted by Gasteiger charge is 2.01. The number of allylic oxidation sites excluding steroid dienone is 1. The van der Waals surface area contributed by atoms with Crippen LogP contribution in [0.5, 0.6) is 0 Å². The summed E-state index contributed by atoms with van der Waals surface area (Å²) < 4.78 is 13.0. The summed E-state index contributed by atoms with van der Waals surface area (Å²) in [5.74, 6) is -0.503. The van der Waals surface area contributed by atoms with Crippen LogP contribution in [0, 0.1) is 5.82 Å². The van der Waals surface area contributed by atoms with Crippen LogP contribution in [-0.2, 0) is 4.79 Å². The highest BCUT2D eigenvalue weighted by molar-refractivity contribution is 6.30. The van der Waals surface area contributed by atoms with Crippen molar-refractivity contribution in [3.05, 3.63) is 40.7 Å². The molecule has 0 saturated heterocycles. The van der Waals surface area contributed by atoms with Gasteiger partial charge in [-0.05, 0) is 18.2 Å². The smallest absolute Gasteiger partial charge is 0.148 e. The lowest BCUT2D eigenvalue weighted by Crippen LogP contribution is -1.82. The minimum absolute atomic E-state index is 0.0584. The van der Waals surface area contributed by atoms with Crippen molar-refractivity contribution >= 4 is 24.0 Å². The summed E-state index contributed by atoms with van der Waals surface area (Å²) in [6, 6.07) is 4.62. The van der Waals surface area contributed by atoms with E-state index in [0.717, 1.165) is 0 Å². The van der Waals surface area contributed by atoms with Crippen LogP contribution in [0.4, 0.5) is 4.39 Å². The van der Waals surface area contributed by atoms with E-state index < -0.39 is 5.82 Å². The molecule has 0 aromatic heterocycles. The molecule has 0 aliphatic rings. The highest BCUT2D eigenvalue weighted by Crippen LogP contribution is 2.18. The molecule has 0 radical (unpaired) electrons. The molecule has 0 unspecified atom stereocenters. The topological polar surface area (TPSA) is 17.1 Å². The van der Waals surface area contributed by atoms with Gasteiger partial charge in [0.05, 0.1) is 5.02 Å². The van der Waals surface area contributed by atoms with Gasteiger partial charge in [-0.1, -0.05) is 23.7 Å². The average molecular weight is 185 g/mol. The Morgan fingerprint density at radius 3 is 2.83 bits per heavy atom. The maximum Gasteiger partial charge on any atom is 0.148 e. The number of rotatable bonds is 2. The highest BCUT2D eigenvalue weighted by atomic mass is 35.5. The molecule has 0 aliphatic carbocycles. The van der Waals surface area contributed by atoms with Gasteiger partial charge in [0.25, 0.3) is 0 Å². The molecule has 1 aromatic rings. The molecule has 0 bridgehead atoms. The maximum atomic E-state index is 13.0. The molecule has 0 fully saturated rings. The Hall–Kier alpha value is -1.15. The van der Waals surface area contributed by atoms with Crippen LogP contribution in [0.1, 0.15) is 5.56 Å². The third-order valence-electron chi connectivity index (χ3n) is 1.34. The first-order valence-corrected chi connectivity index (χ1v) is 3.69. The van der Waals surface area contributed by atoms with E-state index in [2.05, 4.69) is 0 Å². The molecule has 0 atom stereocenters. The molecule has 0 amide bonds. The Morgan fingerprint density at radius 1 is 1.42 bits per heavy atom. The molecule has 1 aromatic carbocycles. The fraction of sp³-hybridized carbons (Fsp3) is 0. The Labute approximate surface area is 74.5 Å². The second-order valence-electron chi connectivity index (χ2n) is 2.14. The van der Waals surface area contributed by atoms with Gasteiger partial charge in [0, 0.05) is 5.56 Å². The molecule has 0 saturated carbocycles. The van der Waals surface area contributed by atoms with Crippen molar-refractivity contribution in [3.8, 4) is 0 Å². The van der Waals surface area contributed by atoms with E-state index in [4.69, 9.17) is 11.6 Å². The largest absolute Gasteiger partial charge is 0.299 e. The summed E-state index contributed by atoms with van der Waals surface area (Å²) in [6.45, 7) is 0. The van der Waals surface area contributed by atoms with Crippen LogP contribution in [0.3, 0.4) is 0 Å².